The third-order valence-electron chi connectivity index (χ3n) is 8.33. The van der Waals surface area contributed by atoms with Crippen molar-refractivity contribution in [2.45, 2.75) is 87.2 Å². The number of aliphatic hydroxyl groups is 1. The first kappa shape index (κ1) is 27.7. The molecule has 2 aromatic rings. The summed E-state index contributed by atoms with van der Waals surface area (Å²) < 4.78 is 42.2. The second kappa shape index (κ2) is 10.9. The van der Waals surface area contributed by atoms with Crippen molar-refractivity contribution < 1.29 is 43.1 Å². The topological polar surface area (TPSA) is 154 Å². The first-order valence-corrected chi connectivity index (χ1v) is 14.1. The normalized spacial score (nSPS) is 40.1. The van der Waals surface area contributed by atoms with E-state index in [0.29, 0.717) is 5.56 Å². The Morgan fingerprint density at radius 1 is 1.07 bits per heavy atom. The lowest BCUT2D eigenvalue weighted by molar-refractivity contribution is -0.300. The van der Waals surface area contributed by atoms with E-state index in [-0.39, 0.29) is 25.2 Å². The summed E-state index contributed by atoms with van der Waals surface area (Å²) in [6, 6.07) is 16.9. The van der Waals surface area contributed by atoms with Gasteiger partial charge in [-0.3, -0.25) is 4.90 Å². The number of rotatable bonds is 7. The molecule has 0 saturated carbocycles. The smallest absolute Gasteiger partial charge is 0.340 e. The van der Waals surface area contributed by atoms with Gasteiger partial charge in [-0.05, 0) is 31.5 Å². The first-order valence-electron chi connectivity index (χ1n) is 14.1. The Kier molecular flexibility index (Phi) is 7.17. The second-order valence-electron chi connectivity index (χ2n) is 11.5. The van der Waals surface area contributed by atoms with Gasteiger partial charge in [-0.25, -0.2) is 4.79 Å². The van der Waals surface area contributed by atoms with Crippen LogP contribution in [0.2, 0.25) is 0 Å². The predicted octanol–water partition coefficient (Wildman–Crippen LogP) is 2.65. The fourth-order valence-corrected chi connectivity index (χ4v) is 6.45. The lowest BCUT2D eigenvalue weighted by Gasteiger charge is -2.40. The van der Waals surface area contributed by atoms with Gasteiger partial charge < -0.3 is 38.3 Å². The van der Waals surface area contributed by atoms with Crippen molar-refractivity contribution in [2.24, 2.45) is 5.11 Å². The lowest BCUT2D eigenvalue weighted by atomic mass is 10.0. The number of β-amino-alcohol motifs (C(OH)–C–C–N with tert-alkyl or cyclic N) is 1. The highest BCUT2D eigenvalue weighted by atomic mass is 16.8. The number of benzene rings is 2. The minimum absolute atomic E-state index is 0.118. The number of hydrogen-bond acceptors (Lipinski definition) is 11. The number of azide groups is 1. The number of nitrogens with zero attached hydrogens (tertiary/aromatic N) is 4. The number of carbonyl (C=O) groups is 1. The molecule has 13 heteroatoms. The summed E-state index contributed by atoms with van der Waals surface area (Å²) in [6.07, 6.45) is -5.78. The highest BCUT2D eigenvalue weighted by Crippen LogP contribution is 2.47. The standard InChI is InChI=1S/C29H32N4O9/c1-29(2)41-24-19(31-32-30)22(38-28(24)42-29)17(34)13-33-20-21(33)27(40-25(35)15-9-5-3-6-10-15)37-18-14-36-26(39-23(18)20)16-11-7-4-8-12-16/h3-12,17-24,26-28,34H,13-14H2,1-2H3/t17?,18-,19+,20+,21-,22-,23-,24-,26?,27-,28-,33?/m1/s1. The van der Waals surface area contributed by atoms with Crippen molar-refractivity contribution in [1.29, 1.82) is 0 Å². The Morgan fingerprint density at radius 2 is 1.81 bits per heavy atom. The van der Waals surface area contributed by atoms with Crippen LogP contribution in [0.1, 0.15) is 36.1 Å². The molecule has 5 saturated heterocycles. The zero-order chi connectivity index (χ0) is 29.0. The van der Waals surface area contributed by atoms with Crippen LogP contribution in [0, 0.1) is 0 Å². The van der Waals surface area contributed by atoms with Crippen molar-refractivity contribution in [2.75, 3.05) is 13.2 Å². The van der Waals surface area contributed by atoms with Crippen LogP contribution in [0.4, 0.5) is 0 Å². The van der Waals surface area contributed by atoms with E-state index in [1.54, 1.807) is 38.1 Å². The minimum Gasteiger partial charge on any atom is -0.430 e. The zero-order valence-electron chi connectivity index (χ0n) is 23.0. The van der Waals surface area contributed by atoms with Crippen LogP contribution in [0.15, 0.2) is 65.8 Å². The van der Waals surface area contributed by atoms with Gasteiger partial charge in [0.05, 0.1) is 42.5 Å². The van der Waals surface area contributed by atoms with Gasteiger partial charge in [0.1, 0.15) is 18.3 Å². The molecule has 5 fully saturated rings. The fraction of sp³-hybridized carbons (Fsp3) is 0.552. The summed E-state index contributed by atoms with van der Waals surface area (Å²) in [6.45, 7) is 3.85. The average Bonchev–Trinajstić information content (AvgIpc) is 3.50. The van der Waals surface area contributed by atoms with E-state index in [2.05, 4.69) is 10.0 Å². The van der Waals surface area contributed by atoms with E-state index in [1.807, 2.05) is 41.3 Å². The number of hydrogen-bond donors (Lipinski definition) is 1. The Labute approximate surface area is 241 Å². The maximum atomic E-state index is 13.0. The molecule has 5 heterocycles. The Morgan fingerprint density at radius 3 is 2.55 bits per heavy atom. The van der Waals surface area contributed by atoms with Gasteiger partial charge in [-0.2, -0.15) is 0 Å². The number of fused-ring (bicyclic) bond motifs is 4. The molecule has 0 spiro atoms. The minimum atomic E-state index is -1.08. The second-order valence-corrected chi connectivity index (χ2v) is 11.5. The van der Waals surface area contributed by atoms with Gasteiger partial charge in [0, 0.05) is 17.0 Å². The van der Waals surface area contributed by atoms with E-state index >= 15 is 0 Å². The molecule has 0 radical (unpaired) electrons. The molecule has 42 heavy (non-hydrogen) atoms. The van der Waals surface area contributed by atoms with Gasteiger partial charge in [0.15, 0.2) is 18.4 Å². The Hall–Kier alpha value is -3.10. The summed E-state index contributed by atoms with van der Waals surface area (Å²) in [4.78, 5) is 17.9. The summed E-state index contributed by atoms with van der Waals surface area (Å²) >= 11 is 0. The lowest BCUT2D eigenvalue weighted by Crippen LogP contribution is -2.53. The first-order chi connectivity index (χ1) is 20.3. The number of carbonyl (C=O) groups excluding carboxylic acids is 1. The van der Waals surface area contributed by atoms with Crippen molar-refractivity contribution >= 4 is 5.97 Å². The van der Waals surface area contributed by atoms with Crippen molar-refractivity contribution in [3.63, 3.8) is 0 Å². The molecule has 0 aromatic heterocycles. The summed E-state index contributed by atoms with van der Waals surface area (Å²) in [5.41, 5.74) is 10.5. The fourth-order valence-electron chi connectivity index (χ4n) is 6.45. The van der Waals surface area contributed by atoms with Crippen LogP contribution in [0.3, 0.4) is 0 Å². The molecule has 7 rings (SSSR count). The number of aliphatic hydroxyl groups excluding tert-OH is 1. The van der Waals surface area contributed by atoms with E-state index in [0.717, 1.165) is 5.56 Å². The average molecular weight is 581 g/mol. The summed E-state index contributed by atoms with van der Waals surface area (Å²) in [5.74, 6) is -1.42. The molecule has 2 aromatic carbocycles. The van der Waals surface area contributed by atoms with Crippen LogP contribution >= 0.6 is 0 Å². The number of esters is 1. The van der Waals surface area contributed by atoms with Gasteiger partial charge in [-0.15, -0.1) is 0 Å². The van der Waals surface area contributed by atoms with Gasteiger partial charge >= 0.3 is 5.97 Å². The zero-order valence-corrected chi connectivity index (χ0v) is 23.0. The summed E-state index contributed by atoms with van der Waals surface area (Å²) in [7, 11) is 0. The number of ether oxygens (including phenoxy) is 7. The molecule has 0 amide bonds. The van der Waals surface area contributed by atoms with Crippen LogP contribution in [-0.2, 0) is 33.2 Å². The highest BCUT2D eigenvalue weighted by Gasteiger charge is 2.66. The van der Waals surface area contributed by atoms with Crippen LogP contribution in [0.25, 0.3) is 10.4 Å². The van der Waals surface area contributed by atoms with E-state index in [4.69, 9.17) is 33.2 Å². The molecular formula is C29H32N4O9. The highest BCUT2D eigenvalue weighted by molar-refractivity contribution is 5.89. The molecule has 222 valence electrons. The molecule has 12 atom stereocenters. The molecule has 0 bridgehead atoms. The SMILES string of the molecule is CC1(C)O[C@H]2O[C@H](C(O)CN3[C@@H]4[C@@H]5OC(c6ccccc6)OC[C@H]5O[C@H](OC(=O)c5ccccc5)[C@@H]43)[C@H](N=[N+]=[N-])[C@H]2O1. The molecule has 5 aliphatic rings. The molecule has 0 aliphatic carbocycles. The maximum Gasteiger partial charge on any atom is 0.340 e. The molecular weight excluding hydrogens is 548 g/mol. The Bertz CT molecular complexity index is 1340. The van der Waals surface area contributed by atoms with Crippen molar-refractivity contribution in [3.05, 3.63) is 82.2 Å². The monoisotopic (exact) mass is 580 g/mol. The van der Waals surface area contributed by atoms with E-state index < -0.39 is 67.2 Å². The van der Waals surface area contributed by atoms with Crippen LogP contribution in [-0.4, -0.2) is 96.1 Å². The van der Waals surface area contributed by atoms with Gasteiger partial charge in [0.25, 0.3) is 0 Å². The largest absolute Gasteiger partial charge is 0.430 e. The van der Waals surface area contributed by atoms with Crippen molar-refractivity contribution in [1.82, 2.24) is 4.90 Å². The van der Waals surface area contributed by atoms with Gasteiger partial charge in [0.2, 0.25) is 6.29 Å². The third kappa shape index (κ3) is 5.06. The van der Waals surface area contributed by atoms with E-state index in [9.17, 15) is 15.4 Å². The predicted molar refractivity (Wildman–Crippen MR) is 142 cm³/mol. The molecule has 3 unspecified atom stereocenters. The third-order valence-corrected chi connectivity index (χ3v) is 8.33. The quantitative estimate of drug-likeness (QED) is 0.170. The Balaban J connectivity index is 1.10. The van der Waals surface area contributed by atoms with Gasteiger partial charge in [-0.1, -0.05) is 53.6 Å². The summed E-state index contributed by atoms with van der Waals surface area (Å²) in [5, 5.41) is 15.3. The molecule has 1 N–H and O–H groups in total. The van der Waals surface area contributed by atoms with Crippen LogP contribution < -0.4 is 0 Å². The molecule has 5 aliphatic heterocycles. The van der Waals surface area contributed by atoms with Crippen LogP contribution in [0.5, 0.6) is 0 Å². The van der Waals surface area contributed by atoms with E-state index in [1.165, 1.54) is 0 Å². The molecule has 13 nitrogen and oxygen atoms in total. The van der Waals surface area contributed by atoms with Crippen molar-refractivity contribution in [3.8, 4) is 0 Å². The maximum absolute atomic E-state index is 13.0.